The lowest BCUT2D eigenvalue weighted by atomic mass is 9.73. The number of esters is 1. The monoisotopic (exact) mass is 290 g/mol. The molecular formula is C12H18O8. The molecule has 0 aliphatic rings. The highest BCUT2D eigenvalue weighted by Crippen LogP contribution is 2.33. The Labute approximate surface area is 115 Å². The van der Waals surface area contributed by atoms with Gasteiger partial charge in [0.1, 0.15) is 0 Å². The van der Waals surface area contributed by atoms with E-state index in [0.29, 0.717) is 12.8 Å². The van der Waals surface area contributed by atoms with Gasteiger partial charge in [-0.25, -0.2) is 0 Å². The van der Waals surface area contributed by atoms with Crippen LogP contribution in [-0.4, -0.2) is 45.8 Å². The van der Waals surface area contributed by atoms with Crippen molar-refractivity contribution in [2.24, 2.45) is 11.3 Å². The van der Waals surface area contributed by atoms with Gasteiger partial charge in [-0.15, -0.1) is 0 Å². The Morgan fingerprint density at radius 1 is 1.05 bits per heavy atom. The average molecular weight is 290 g/mol. The molecule has 0 fully saturated rings. The zero-order chi connectivity index (χ0) is 15.9. The largest absolute Gasteiger partial charge is 0.481 e. The fourth-order valence-electron chi connectivity index (χ4n) is 1.80. The molecule has 114 valence electrons. The molecule has 8 nitrogen and oxygen atoms in total. The maximum absolute atomic E-state index is 11.9. The van der Waals surface area contributed by atoms with Crippen molar-refractivity contribution in [1.29, 1.82) is 0 Å². The summed E-state index contributed by atoms with van der Waals surface area (Å²) in [6, 6.07) is 0. The van der Waals surface area contributed by atoms with Gasteiger partial charge in [-0.2, -0.15) is 0 Å². The SMILES string of the molecule is CCCCOC(=O)C(C(=O)O)(C(=O)O)C(CC)C(=O)O. The number of carboxylic acid groups (broad SMARTS) is 3. The van der Waals surface area contributed by atoms with Crippen molar-refractivity contribution in [3.8, 4) is 0 Å². The number of rotatable bonds is 9. The van der Waals surface area contributed by atoms with Gasteiger partial charge in [0, 0.05) is 0 Å². The van der Waals surface area contributed by atoms with Crippen LogP contribution >= 0.6 is 0 Å². The van der Waals surface area contributed by atoms with E-state index in [-0.39, 0.29) is 13.0 Å². The second kappa shape index (κ2) is 7.46. The second-order valence-corrected chi connectivity index (χ2v) is 4.21. The van der Waals surface area contributed by atoms with Gasteiger partial charge in [-0.05, 0) is 12.8 Å². The van der Waals surface area contributed by atoms with E-state index in [1.807, 2.05) is 0 Å². The molecule has 0 heterocycles. The van der Waals surface area contributed by atoms with E-state index in [9.17, 15) is 19.2 Å². The highest BCUT2D eigenvalue weighted by atomic mass is 16.5. The van der Waals surface area contributed by atoms with Crippen LogP contribution in [-0.2, 0) is 23.9 Å². The van der Waals surface area contributed by atoms with Crippen molar-refractivity contribution in [3.05, 3.63) is 0 Å². The molecule has 1 unspecified atom stereocenters. The van der Waals surface area contributed by atoms with Crippen molar-refractivity contribution < 1.29 is 39.2 Å². The van der Waals surface area contributed by atoms with Gasteiger partial charge in [0.05, 0.1) is 12.5 Å². The summed E-state index contributed by atoms with van der Waals surface area (Å²) in [5, 5.41) is 27.2. The normalized spacial score (nSPS) is 12.5. The predicted molar refractivity (Wildman–Crippen MR) is 65.0 cm³/mol. The molecule has 8 heteroatoms. The zero-order valence-corrected chi connectivity index (χ0v) is 11.3. The van der Waals surface area contributed by atoms with Crippen molar-refractivity contribution in [1.82, 2.24) is 0 Å². The molecule has 0 saturated heterocycles. The van der Waals surface area contributed by atoms with Gasteiger partial charge < -0.3 is 20.1 Å². The lowest BCUT2D eigenvalue weighted by Crippen LogP contribution is -2.55. The lowest BCUT2D eigenvalue weighted by molar-refractivity contribution is -0.188. The predicted octanol–water partition coefficient (Wildman–Crippen LogP) is 0.596. The number of carbonyl (C=O) groups is 4. The minimum atomic E-state index is -3.13. The third kappa shape index (κ3) is 3.25. The average Bonchev–Trinajstić information content (AvgIpc) is 2.34. The molecular weight excluding hydrogens is 272 g/mol. The number of hydrogen-bond acceptors (Lipinski definition) is 5. The van der Waals surface area contributed by atoms with Crippen molar-refractivity contribution in [3.63, 3.8) is 0 Å². The highest BCUT2D eigenvalue weighted by Gasteiger charge is 2.63. The standard InChI is InChI=1S/C12H18O8/c1-3-5-6-20-11(19)12(9(15)16,10(17)18)7(4-2)8(13)14/h7H,3-6H2,1-2H3,(H,13,14)(H,15,16)(H,17,18). The molecule has 20 heavy (non-hydrogen) atoms. The smallest absolute Gasteiger partial charge is 0.336 e. The Kier molecular flexibility index (Phi) is 6.67. The van der Waals surface area contributed by atoms with Gasteiger partial charge >= 0.3 is 23.9 Å². The number of carbonyl (C=O) groups excluding carboxylic acids is 1. The summed E-state index contributed by atoms with van der Waals surface area (Å²) < 4.78 is 4.64. The van der Waals surface area contributed by atoms with Crippen LogP contribution in [0.1, 0.15) is 33.1 Å². The summed E-state index contributed by atoms with van der Waals surface area (Å²) in [5.41, 5.74) is -3.13. The third-order valence-corrected chi connectivity index (χ3v) is 2.96. The van der Waals surface area contributed by atoms with E-state index >= 15 is 0 Å². The van der Waals surface area contributed by atoms with E-state index < -0.39 is 35.2 Å². The van der Waals surface area contributed by atoms with E-state index in [1.165, 1.54) is 6.92 Å². The molecule has 0 aliphatic heterocycles. The fourth-order valence-corrected chi connectivity index (χ4v) is 1.80. The summed E-state index contributed by atoms with van der Waals surface area (Å²) in [4.78, 5) is 45.6. The quantitative estimate of drug-likeness (QED) is 0.318. The first-order valence-corrected chi connectivity index (χ1v) is 6.13. The summed E-state index contributed by atoms with van der Waals surface area (Å²) in [6.45, 7) is 2.92. The molecule has 0 aromatic carbocycles. The van der Waals surface area contributed by atoms with Gasteiger partial charge in [0.2, 0.25) is 0 Å². The second-order valence-electron chi connectivity index (χ2n) is 4.21. The molecule has 1 atom stereocenters. The molecule has 0 bridgehead atoms. The number of hydrogen-bond donors (Lipinski definition) is 3. The first-order valence-electron chi connectivity index (χ1n) is 6.13. The van der Waals surface area contributed by atoms with Crippen LogP contribution in [0, 0.1) is 11.3 Å². The van der Waals surface area contributed by atoms with E-state index in [2.05, 4.69) is 4.74 Å². The van der Waals surface area contributed by atoms with E-state index in [1.54, 1.807) is 6.92 Å². The Morgan fingerprint density at radius 2 is 1.55 bits per heavy atom. The molecule has 0 aromatic rings. The summed E-state index contributed by atoms with van der Waals surface area (Å²) >= 11 is 0. The summed E-state index contributed by atoms with van der Waals surface area (Å²) in [5.74, 6) is -9.22. The molecule has 0 rings (SSSR count). The number of ether oxygens (including phenoxy) is 1. The Morgan fingerprint density at radius 3 is 1.85 bits per heavy atom. The number of carboxylic acids is 3. The van der Waals surface area contributed by atoms with Gasteiger partial charge in [-0.3, -0.25) is 19.2 Å². The van der Waals surface area contributed by atoms with Crippen LogP contribution < -0.4 is 0 Å². The third-order valence-electron chi connectivity index (χ3n) is 2.96. The topological polar surface area (TPSA) is 138 Å². The zero-order valence-electron chi connectivity index (χ0n) is 11.3. The molecule has 0 radical (unpaired) electrons. The molecule has 0 spiro atoms. The van der Waals surface area contributed by atoms with E-state index in [4.69, 9.17) is 15.3 Å². The maximum Gasteiger partial charge on any atom is 0.336 e. The van der Waals surface area contributed by atoms with Crippen LogP contribution in [0.5, 0.6) is 0 Å². The van der Waals surface area contributed by atoms with Gasteiger partial charge in [-0.1, -0.05) is 20.3 Å². The Balaban J connectivity index is 5.66. The van der Waals surface area contributed by atoms with Crippen molar-refractivity contribution >= 4 is 23.9 Å². The fraction of sp³-hybridized carbons (Fsp3) is 0.667. The number of unbranched alkanes of at least 4 members (excludes halogenated alkanes) is 1. The first kappa shape index (κ1) is 17.9. The van der Waals surface area contributed by atoms with Crippen LogP contribution in [0.3, 0.4) is 0 Å². The minimum absolute atomic E-state index is 0.159. The molecule has 0 amide bonds. The van der Waals surface area contributed by atoms with Crippen LogP contribution in [0.2, 0.25) is 0 Å². The Bertz CT molecular complexity index is 386. The maximum atomic E-state index is 11.9. The van der Waals surface area contributed by atoms with Gasteiger partial charge in [0.25, 0.3) is 5.41 Å². The molecule has 0 aliphatic carbocycles. The van der Waals surface area contributed by atoms with Crippen LogP contribution in [0.4, 0.5) is 0 Å². The summed E-state index contributed by atoms with van der Waals surface area (Å²) in [7, 11) is 0. The molecule has 0 saturated carbocycles. The summed E-state index contributed by atoms with van der Waals surface area (Å²) in [6.07, 6.45) is 0.734. The molecule has 3 N–H and O–H groups in total. The van der Waals surface area contributed by atoms with E-state index in [0.717, 1.165) is 0 Å². The Hall–Kier alpha value is -2.12. The van der Waals surface area contributed by atoms with Crippen LogP contribution in [0.15, 0.2) is 0 Å². The molecule has 0 aromatic heterocycles. The first-order chi connectivity index (χ1) is 9.26. The van der Waals surface area contributed by atoms with Crippen LogP contribution in [0.25, 0.3) is 0 Å². The number of aliphatic carboxylic acids is 3. The van der Waals surface area contributed by atoms with Crippen molar-refractivity contribution in [2.75, 3.05) is 6.61 Å². The highest BCUT2D eigenvalue weighted by molar-refractivity contribution is 6.19. The van der Waals surface area contributed by atoms with Crippen molar-refractivity contribution in [2.45, 2.75) is 33.1 Å². The lowest BCUT2D eigenvalue weighted by Gasteiger charge is -2.27. The van der Waals surface area contributed by atoms with Gasteiger partial charge in [0.15, 0.2) is 0 Å². The minimum Gasteiger partial charge on any atom is -0.481 e.